The largest absolute Gasteiger partial charge is 0.381 e. The highest BCUT2D eigenvalue weighted by molar-refractivity contribution is 5.80. The number of aliphatic imine (C=N–C) groups is 1. The Hall–Kier alpha value is -1.56. The summed E-state index contributed by atoms with van der Waals surface area (Å²) in [7, 11) is 5.54. The molecule has 1 aliphatic carbocycles. The van der Waals surface area contributed by atoms with E-state index >= 15 is 0 Å². The highest BCUT2D eigenvalue weighted by atomic mass is 16.5. The summed E-state index contributed by atoms with van der Waals surface area (Å²) in [6, 6.07) is 0.375. The third-order valence-corrected chi connectivity index (χ3v) is 4.33. The Morgan fingerprint density at radius 3 is 2.85 bits per heavy atom. The molecule has 0 bridgehead atoms. The van der Waals surface area contributed by atoms with Crippen LogP contribution in [0.4, 0.5) is 0 Å². The lowest BCUT2D eigenvalue weighted by atomic mass is 9.64. The molecule has 6 nitrogen and oxygen atoms in total. The van der Waals surface area contributed by atoms with E-state index in [4.69, 9.17) is 4.74 Å². The highest BCUT2D eigenvalue weighted by Crippen LogP contribution is 2.42. The zero-order valence-electron chi connectivity index (χ0n) is 13.0. The van der Waals surface area contributed by atoms with Crippen molar-refractivity contribution in [2.24, 2.45) is 17.5 Å². The standard InChI is InChI=1S/C14H25N5O/c1-14(2)10(8-11(14)20-5)18-13(15-3)17-9-12-16-6-7-19(12)4/h6-7,10-11H,8-9H2,1-5H3,(H2,15,17,18). The van der Waals surface area contributed by atoms with Crippen LogP contribution >= 0.6 is 0 Å². The van der Waals surface area contributed by atoms with Crippen LogP contribution in [0.2, 0.25) is 0 Å². The minimum absolute atomic E-state index is 0.121. The first-order valence-electron chi connectivity index (χ1n) is 6.95. The molecule has 0 aliphatic heterocycles. The first-order chi connectivity index (χ1) is 9.48. The molecule has 1 aromatic rings. The fraction of sp³-hybridized carbons (Fsp3) is 0.714. The normalized spacial score (nSPS) is 25.1. The summed E-state index contributed by atoms with van der Waals surface area (Å²) in [6.45, 7) is 5.09. The molecule has 0 amide bonds. The van der Waals surface area contributed by atoms with E-state index in [1.165, 1.54) is 0 Å². The van der Waals surface area contributed by atoms with E-state index in [1.54, 1.807) is 20.4 Å². The van der Waals surface area contributed by atoms with Crippen LogP contribution in [0.3, 0.4) is 0 Å². The molecular weight excluding hydrogens is 254 g/mol. The summed E-state index contributed by atoms with van der Waals surface area (Å²) in [5, 5.41) is 6.76. The first-order valence-corrected chi connectivity index (χ1v) is 6.95. The van der Waals surface area contributed by atoms with Crippen molar-refractivity contribution in [2.75, 3.05) is 14.2 Å². The zero-order chi connectivity index (χ0) is 14.8. The Bertz CT molecular complexity index is 480. The van der Waals surface area contributed by atoms with E-state index < -0.39 is 0 Å². The van der Waals surface area contributed by atoms with Crippen LogP contribution in [0, 0.1) is 5.41 Å². The Morgan fingerprint density at radius 1 is 1.60 bits per heavy atom. The Morgan fingerprint density at radius 2 is 2.35 bits per heavy atom. The van der Waals surface area contributed by atoms with Gasteiger partial charge >= 0.3 is 0 Å². The molecule has 0 aromatic carbocycles. The van der Waals surface area contributed by atoms with E-state index in [0.29, 0.717) is 18.7 Å². The van der Waals surface area contributed by atoms with Crippen molar-refractivity contribution < 1.29 is 4.74 Å². The van der Waals surface area contributed by atoms with Crippen molar-refractivity contribution in [1.82, 2.24) is 20.2 Å². The summed E-state index contributed by atoms with van der Waals surface area (Å²) >= 11 is 0. The molecular formula is C14H25N5O. The average Bonchev–Trinajstić information content (AvgIpc) is 2.83. The summed E-state index contributed by atoms with van der Waals surface area (Å²) < 4.78 is 7.46. The lowest BCUT2D eigenvalue weighted by Gasteiger charge is -2.51. The van der Waals surface area contributed by atoms with E-state index in [-0.39, 0.29) is 5.41 Å². The van der Waals surface area contributed by atoms with Gasteiger partial charge in [-0.05, 0) is 6.42 Å². The van der Waals surface area contributed by atoms with Crippen LogP contribution in [0.1, 0.15) is 26.1 Å². The van der Waals surface area contributed by atoms with Crippen molar-refractivity contribution >= 4 is 5.96 Å². The quantitative estimate of drug-likeness (QED) is 0.635. The third-order valence-electron chi connectivity index (χ3n) is 4.33. The minimum atomic E-state index is 0.121. The lowest BCUT2D eigenvalue weighted by Crippen LogP contribution is -2.63. The second-order valence-electron chi connectivity index (χ2n) is 5.86. The summed E-state index contributed by atoms with van der Waals surface area (Å²) in [5.41, 5.74) is 0.121. The number of nitrogens with zero attached hydrogens (tertiary/aromatic N) is 3. The highest BCUT2D eigenvalue weighted by Gasteiger charge is 2.48. The van der Waals surface area contributed by atoms with Crippen molar-refractivity contribution in [3.8, 4) is 0 Å². The van der Waals surface area contributed by atoms with Gasteiger partial charge in [-0.3, -0.25) is 4.99 Å². The van der Waals surface area contributed by atoms with Gasteiger partial charge in [-0.1, -0.05) is 13.8 Å². The number of hydrogen-bond donors (Lipinski definition) is 2. The number of nitrogens with one attached hydrogen (secondary N) is 2. The lowest BCUT2D eigenvalue weighted by molar-refractivity contribution is -0.0922. The number of methoxy groups -OCH3 is 1. The van der Waals surface area contributed by atoms with Gasteiger partial charge < -0.3 is 19.9 Å². The monoisotopic (exact) mass is 279 g/mol. The van der Waals surface area contributed by atoms with Crippen molar-refractivity contribution in [3.05, 3.63) is 18.2 Å². The molecule has 0 saturated heterocycles. The van der Waals surface area contributed by atoms with E-state index in [0.717, 1.165) is 18.2 Å². The van der Waals surface area contributed by atoms with E-state index in [2.05, 4.69) is 34.5 Å². The van der Waals surface area contributed by atoms with Gasteiger partial charge in [-0.2, -0.15) is 0 Å². The number of guanidine groups is 1. The molecule has 1 aliphatic rings. The Balaban J connectivity index is 1.87. The van der Waals surface area contributed by atoms with Gasteiger partial charge in [-0.15, -0.1) is 0 Å². The van der Waals surface area contributed by atoms with Gasteiger partial charge in [0.25, 0.3) is 0 Å². The number of hydrogen-bond acceptors (Lipinski definition) is 3. The second kappa shape index (κ2) is 5.83. The summed E-state index contributed by atoms with van der Waals surface area (Å²) in [4.78, 5) is 8.56. The van der Waals surface area contributed by atoms with Gasteiger partial charge in [0.2, 0.25) is 0 Å². The molecule has 6 heteroatoms. The molecule has 112 valence electrons. The SMILES string of the molecule is CN=C(NCc1nccn1C)NC1CC(OC)C1(C)C. The minimum Gasteiger partial charge on any atom is -0.381 e. The summed E-state index contributed by atoms with van der Waals surface area (Å²) in [6.07, 6.45) is 5.05. The topological polar surface area (TPSA) is 63.5 Å². The summed E-state index contributed by atoms with van der Waals surface area (Å²) in [5.74, 6) is 1.79. The molecule has 0 spiro atoms. The van der Waals surface area contributed by atoms with E-state index in [1.807, 2.05) is 17.8 Å². The van der Waals surface area contributed by atoms with Crippen molar-refractivity contribution in [3.63, 3.8) is 0 Å². The predicted molar refractivity (Wildman–Crippen MR) is 79.5 cm³/mol. The van der Waals surface area contributed by atoms with Crippen LogP contribution < -0.4 is 10.6 Å². The fourth-order valence-corrected chi connectivity index (χ4v) is 2.62. The third kappa shape index (κ3) is 2.80. The molecule has 2 atom stereocenters. The molecule has 2 rings (SSSR count). The Kier molecular flexibility index (Phi) is 4.32. The molecule has 1 aromatic heterocycles. The maximum Gasteiger partial charge on any atom is 0.191 e. The molecule has 20 heavy (non-hydrogen) atoms. The number of aromatic nitrogens is 2. The molecule has 1 saturated carbocycles. The van der Waals surface area contributed by atoms with Crippen LogP contribution in [0.25, 0.3) is 0 Å². The smallest absolute Gasteiger partial charge is 0.191 e. The van der Waals surface area contributed by atoms with Gasteiger partial charge in [-0.25, -0.2) is 4.98 Å². The van der Waals surface area contributed by atoms with Gasteiger partial charge in [0, 0.05) is 45.1 Å². The van der Waals surface area contributed by atoms with Gasteiger partial charge in [0.05, 0.1) is 12.6 Å². The van der Waals surface area contributed by atoms with Crippen molar-refractivity contribution in [2.45, 2.75) is 39.0 Å². The predicted octanol–water partition coefficient (Wildman–Crippen LogP) is 0.899. The van der Waals surface area contributed by atoms with Crippen LogP contribution in [-0.4, -0.2) is 41.8 Å². The average molecular weight is 279 g/mol. The fourth-order valence-electron chi connectivity index (χ4n) is 2.62. The number of rotatable bonds is 4. The van der Waals surface area contributed by atoms with Crippen molar-refractivity contribution in [1.29, 1.82) is 0 Å². The molecule has 0 radical (unpaired) electrons. The molecule has 2 unspecified atom stereocenters. The van der Waals surface area contributed by atoms with Crippen LogP contribution in [0.5, 0.6) is 0 Å². The molecule has 1 heterocycles. The molecule has 1 fully saturated rings. The van der Waals surface area contributed by atoms with Crippen LogP contribution in [0.15, 0.2) is 17.4 Å². The maximum atomic E-state index is 5.47. The van der Waals surface area contributed by atoms with Gasteiger partial charge in [0.15, 0.2) is 5.96 Å². The maximum absolute atomic E-state index is 5.47. The number of imidazole rings is 1. The first kappa shape index (κ1) is 14.8. The van der Waals surface area contributed by atoms with E-state index in [9.17, 15) is 0 Å². The molecule has 2 N–H and O–H groups in total. The number of aryl methyl sites for hydroxylation is 1. The second-order valence-corrected chi connectivity index (χ2v) is 5.86. The Labute approximate surface area is 120 Å². The zero-order valence-corrected chi connectivity index (χ0v) is 13.0. The number of ether oxygens (including phenoxy) is 1. The van der Waals surface area contributed by atoms with Crippen LogP contribution in [-0.2, 0) is 18.3 Å². The van der Waals surface area contributed by atoms with Gasteiger partial charge in [0.1, 0.15) is 5.82 Å².